The molecule has 2 heteroatoms. The van der Waals surface area contributed by atoms with Crippen LogP contribution < -0.4 is 0 Å². The maximum atomic E-state index is 5.43. The first-order chi connectivity index (χ1) is 6.20. The largest absolute Gasteiger partial charge is 0.448 e. The summed E-state index contributed by atoms with van der Waals surface area (Å²) in [6, 6.07) is 0. The van der Waals surface area contributed by atoms with E-state index in [9.17, 15) is 0 Å². The quantitative estimate of drug-likeness (QED) is 0.711. The molecule has 0 aromatic carbocycles. The van der Waals surface area contributed by atoms with Crippen LogP contribution in [0.25, 0.3) is 0 Å². The van der Waals surface area contributed by atoms with Gasteiger partial charge in [-0.25, -0.2) is 4.98 Å². The first kappa shape index (κ1) is 10.3. The van der Waals surface area contributed by atoms with E-state index in [1.807, 2.05) is 0 Å². The van der Waals surface area contributed by atoms with Crippen LogP contribution in [0.2, 0.25) is 0 Å². The van der Waals surface area contributed by atoms with Crippen molar-refractivity contribution in [2.75, 3.05) is 0 Å². The molecule has 0 N–H and O–H groups in total. The van der Waals surface area contributed by atoms with E-state index in [1.165, 1.54) is 6.42 Å². The van der Waals surface area contributed by atoms with Crippen molar-refractivity contribution in [1.82, 2.24) is 4.98 Å². The van der Waals surface area contributed by atoms with Crippen molar-refractivity contribution in [3.05, 3.63) is 17.8 Å². The van der Waals surface area contributed by atoms with E-state index < -0.39 is 0 Å². The SMILES string of the molecule is CCc1ncoc1C(C)C(C)CC. The Morgan fingerprint density at radius 3 is 2.62 bits per heavy atom. The number of hydrogen-bond donors (Lipinski definition) is 0. The van der Waals surface area contributed by atoms with Crippen molar-refractivity contribution in [2.24, 2.45) is 5.92 Å². The van der Waals surface area contributed by atoms with Crippen LogP contribution in [-0.2, 0) is 6.42 Å². The third-order valence-electron chi connectivity index (χ3n) is 2.92. The highest BCUT2D eigenvalue weighted by atomic mass is 16.3. The predicted octanol–water partition coefficient (Wildman–Crippen LogP) is 3.39. The number of aromatic nitrogens is 1. The summed E-state index contributed by atoms with van der Waals surface area (Å²) in [6.07, 6.45) is 3.71. The molecule has 2 unspecified atom stereocenters. The second-order valence-electron chi connectivity index (χ2n) is 3.69. The van der Waals surface area contributed by atoms with Crippen LogP contribution in [0.3, 0.4) is 0 Å². The molecule has 0 fully saturated rings. The normalized spacial score (nSPS) is 15.7. The molecule has 0 saturated carbocycles. The van der Waals surface area contributed by atoms with Gasteiger partial charge in [-0.05, 0) is 12.3 Å². The van der Waals surface area contributed by atoms with Crippen LogP contribution in [0.1, 0.15) is 51.5 Å². The second-order valence-corrected chi connectivity index (χ2v) is 3.69. The molecule has 74 valence electrons. The maximum absolute atomic E-state index is 5.43. The fourth-order valence-electron chi connectivity index (χ4n) is 1.53. The number of nitrogens with zero attached hydrogens (tertiary/aromatic N) is 1. The molecule has 0 spiro atoms. The van der Waals surface area contributed by atoms with Gasteiger partial charge in [-0.2, -0.15) is 0 Å². The van der Waals surface area contributed by atoms with Crippen LogP contribution in [0.5, 0.6) is 0 Å². The van der Waals surface area contributed by atoms with E-state index >= 15 is 0 Å². The Morgan fingerprint density at radius 1 is 1.38 bits per heavy atom. The third-order valence-corrected chi connectivity index (χ3v) is 2.92. The van der Waals surface area contributed by atoms with Gasteiger partial charge in [-0.1, -0.05) is 34.1 Å². The predicted molar refractivity (Wildman–Crippen MR) is 53.8 cm³/mol. The minimum absolute atomic E-state index is 0.488. The van der Waals surface area contributed by atoms with Crippen molar-refractivity contribution < 1.29 is 4.42 Å². The molecule has 13 heavy (non-hydrogen) atoms. The minimum Gasteiger partial charge on any atom is -0.448 e. The average Bonchev–Trinajstić information content (AvgIpc) is 2.62. The Bertz CT molecular complexity index is 254. The fraction of sp³-hybridized carbons (Fsp3) is 0.727. The summed E-state index contributed by atoms with van der Waals surface area (Å²) in [4.78, 5) is 4.21. The molecule has 0 aliphatic heterocycles. The van der Waals surface area contributed by atoms with Crippen LogP contribution in [0.15, 0.2) is 10.8 Å². The average molecular weight is 181 g/mol. The van der Waals surface area contributed by atoms with E-state index in [2.05, 4.69) is 32.7 Å². The molecule has 1 rings (SSSR count). The van der Waals surface area contributed by atoms with Gasteiger partial charge in [0.25, 0.3) is 0 Å². The molecular formula is C11H19NO. The lowest BCUT2D eigenvalue weighted by molar-refractivity contribution is 0.384. The van der Waals surface area contributed by atoms with E-state index in [1.54, 1.807) is 6.39 Å². The molecule has 0 saturated heterocycles. The van der Waals surface area contributed by atoms with Crippen molar-refractivity contribution in [2.45, 2.75) is 46.5 Å². The van der Waals surface area contributed by atoms with E-state index in [4.69, 9.17) is 4.42 Å². The molecule has 0 amide bonds. The lowest BCUT2D eigenvalue weighted by Gasteiger charge is -2.16. The highest BCUT2D eigenvalue weighted by Crippen LogP contribution is 2.28. The zero-order valence-electron chi connectivity index (χ0n) is 9.00. The Labute approximate surface area is 80.4 Å². The molecule has 2 atom stereocenters. The van der Waals surface area contributed by atoms with Gasteiger partial charge >= 0.3 is 0 Å². The molecule has 1 heterocycles. The highest BCUT2D eigenvalue weighted by Gasteiger charge is 2.19. The van der Waals surface area contributed by atoms with Gasteiger partial charge in [0, 0.05) is 5.92 Å². The zero-order chi connectivity index (χ0) is 9.84. The van der Waals surface area contributed by atoms with Crippen LogP contribution in [0, 0.1) is 5.92 Å². The van der Waals surface area contributed by atoms with Crippen molar-refractivity contribution >= 4 is 0 Å². The Balaban J connectivity index is 2.81. The molecular weight excluding hydrogens is 162 g/mol. The Morgan fingerprint density at radius 2 is 2.08 bits per heavy atom. The van der Waals surface area contributed by atoms with E-state index in [-0.39, 0.29) is 0 Å². The first-order valence-corrected chi connectivity index (χ1v) is 5.12. The smallest absolute Gasteiger partial charge is 0.181 e. The molecule has 1 aromatic heterocycles. The third kappa shape index (κ3) is 2.11. The molecule has 0 radical (unpaired) electrons. The van der Waals surface area contributed by atoms with E-state index in [0.29, 0.717) is 11.8 Å². The van der Waals surface area contributed by atoms with Gasteiger partial charge in [-0.3, -0.25) is 0 Å². The van der Waals surface area contributed by atoms with E-state index in [0.717, 1.165) is 17.9 Å². The van der Waals surface area contributed by atoms with Gasteiger partial charge in [0.05, 0.1) is 5.69 Å². The minimum atomic E-state index is 0.488. The van der Waals surface area contributed by atoms with Gasteiger partial charge in [0.15, 0.2) is 6.39 Å². The van der Waals surface area contributed by atoms with Crippen molar-refractivity contribution in [1.29, 1.82) is 0 Å². The van der Waals surface area contributed by atoms with Crippen molar-refractivity contribution in [3.8, 4) is 0 Å². The molecule has 2 nitrogen and oxygen atoms in total. The first-order valence-electron chi connectivity index (χ1n) is 5.12. The summed E-state index contributed by atoms with van der Waals surface area (Å²) < 4.78 is 5.43. The monoisotopic (exact) mass is 181 g/mol. The summed E-state index contributed by atoms with van der Waals surface area (Å²) >= 11 is 0. The van der Waals surface area contributed by atoms with Gasteiger partial charge in [-0.15, -0.1) is 0 Å². The number of hydrogen-bond acceptors (Lipinski definition) is 2. The lowest BCUT2D eigenvalue weighted by atomic mass is 9.90. The van der Waals surface area contributed by atoms with Gasteiger partial charge < -0.3 is 4.42 Å². The fourth-order valence-corrected chi connectivity index (χ4v) is 1.53. The molecule has 0 aliphatic rings. The summed E-state index contributed by atoms with van der Waals surface area (Å²) in [6.45, 7) is 8.80. The Kier molecular flexibility index (Phi) is 3.52. The second kappa shape index (κ2) is 4.45. The summed E-state index contributed by atoms with van der Waals surface area (Å²) in [7, 11) is 0. The molecule has 0 aliphatic carbocycles. The maximum Gasteiger partial charge on any atom is 0.181 e. The van der Waals surface area contributed by atoms with Crippen molar-refractivity contribution in [3.63, 3.8) is 0 Å². The number of aryl methyl sites for hydroxylation is 1. The number of oxazole rings is 1. The van der Waals surface area contributed by atoms with Crippen LogP contribution in [-0.4, -0.2) is 4.98 Å². The Hall–Kier alpha value is -0.790. The molecule has 0 bridgehead atoms. The van der Waals surface area contributed by atoms with Crippen LogP contribution in [0.4, 0.5) is 0 Å². The van der Waals surface area contributed by atoms with Crippen LogP contribution >= 0.6 is 0 Å². The van der Waals surface area contributed by atoms with Gasteiger partial charge in [0.2, 0.25) is 0 Å². The standard InChI is InChI=1S/C11H19NO/c1-5-8(3)9(4)11-10(6-2)12-7-13-11/h7-9H,5-6H2,1-4H3. The number of rotatable bonds is 4. The topological polar surface area (TPSA) is 26.0 Å². The summed E-state index contributed by atoms with van der Waals surface area (Å²) in [5.41, 5.74) is 1.12. The summed E-state index contributed by atoms with van der Waals surface area (Å²) in [5, 5.41) is 0. The van der Waals surface area contributed by atoms with Gasteiger partial charge in [0.1, 0.15) is 5.76 Å². The lowest BCUT2D eigenvalue weighted by Crippen LogP contribution is -2.06. The zero-order valence-corrected chi connectivity index (χ0v) is 9.00. The summed E-state index contributed by atoms with van der Waals surface area (Å²) in [5.74, 6) is 2.23. The molecule has 1 aromatic rings. The highest BCUT2D eigenvalue weighted by molar-refractivity contribution is 5.12.